The van der Waals surface area contributed by atoms with Crippen LogP contribution in [0.1, 0.15) is 9.75 Å². The largest absolute Gasteiger partial charge is 0.469 e. The highest BCUT2D eigenvalue weighted by atomic mass is 32.2. The molecule has 1 aromatic heterocycles. The predicted octanol–water partition coefficient (Wildman–Crippen LogP) is 0.445. The van der Waals surface area contributed by atoms with Crippen LogP contribution in [0.15, 0.2) is 12.1 Å². The molecular weight excluding hydrogens is 300 g/mol. The van der Waals surface area contributed by atoms with Crippen LogP contribution in [0.3, 0.4) is 0 Å². The van der Waals surface area contributed by atoms with E-state index in [2.05, 4.69) is 10.1 Å². The summed E-state index contributed by atoms with van der Waals surface area (Å²) in [5.41, 5.74) is 0. The van der Waals surface area contributed by atoms with Gasteiger partial charge in [-0.05, 0) is 12.1 Å². The Balaban J connectivity index is 2.35. The molecule has 0 amide bonds. The zero-order valence-electron chi connectivity index (χ0n) is 11.9. The number of rotatable bonds is 8. The van der Waals surface area contributed by atoms with Gasteiger partial charge in [-0.25, -0.2) is 12.7 Å². The Bertz CT molecular complexity index is 537. The summed E-state index contributed by atoms with van der Waals surface area (Å²) in [4.78, 5) is 13.1. The zero-order valence-corrected chi connectivity index (χ0v) is 13.5. The van der Waals surface area contributed by atoms with Crippen LogP contribution in [0.2, 0.25) is 0 Å². The molecule has 0 aliphatic heterocycles. The van der Waals surface area contributed by atoms with Gasteiger partial charge in [0, 0.05) is 36.9 Å². The molecule has 1 aromatic rings. The molecule has 0 unspecified atom stereocenters. The van der Waals surface area contributed by atoms with Gasteiger partial charge in [0.15, 0.2) is 0 Å². The lowest BCUT2D eigenvalue weighted by molar-refractivity contribution is -0.139. The summed E-state index contributed by atoms with van der Waals surface area (Å²) in [5, 5.41) is 3.08. The van der Waals surface area contributed by atoms with Gasteiger partial charge in [0.25, 0.3) is 0 Å². The highest BCUT2D eigenvalue weighted by Gasteiger charge is 2.12. The standard InChI is InChI=1S/C12H20N2O4S2/c1-14(2)20(16,17)7-6-13-9-11-5-4-10(19-11)8-12(15)18-3/h4-5,13H,6-9H2,1-3H3. The minimum Gasteiger partial charge on any atom is -0.469 e. The van der Waals surface area contributed by atoms with Gasteiger partial charge in [-0.15, -0.1) is 11.3 Å². The minimum atomic E-state index is -3.15. The molecule has 0 aromatic carbocycles. The number of methoxy groups -OCH3 is 1. The first kappa shape index (κ1) is 17.1. The SMILES string of the molecule is COC(=O)Cc1ccc(CNCCS(=O)(=O)N(C)C)s1. The van der Waals surface area contributed by atoms with Gasteiger partial charge in [-0.2, -0.15) is 0 Å². The monoisotopic (exact) mass is 320 g/mol. The van der Waals surface area contributed by atoms with E-state index >= 15 is 0 Å². The van der Waals surface area contributed by atoms with Crippen molar-refractivity contribution in [1.82, 2.24) is 9.62 Å². The summed E-state index contributed by atoms with van der Waals surface area (Å²) >= 11 is 1.52. The molecule has 0 radical (unpaired) electrons. The van der Waals surface area contributed by atoms with E-state index in [1.807, 2.05) is 12.1 Å². The predicted molar refractivity (Wildman–Crippen MR) is 79.2 cm³/mol. The number of nitrogens with zero attached hydrogens (tertiary/aromatic N) is 1. The molecule has 0 spiro atoms. The van der Waals surface area contributed by atoms with E-state index in [1.165, 1.54) is 36.8 Å². The number of carbonyl (C=O) groups is 1. The maximum Gasteiger partial charge on any atom is 0.310 e. The lowest BCUT2D eigenvalue weighted by Crippen LogP contribution is -2.30. The second-order valence-electron chi connectivity index (χ2n) is 4.40. The third-order valence-electron chi connectivity index (χ3n) is 2.66. The van der Waals surface area contributed by atoms with Gasteiger partial charge in [-0.1, -0.05) is 0 Å². The van der Waals surface area contributed by atoms with E-state index in [9.17, 15) is 13.2 Å². The highest BCUT2D eigenvalue weighted by molar-refractivity contribution is 7.89. The number of hydrogen-bond donors (Lipinski definition) is 1. The molecule has 0 saturated carbocycles. The number of carbonyl (C=O) groups excluding carboxylic acids is 1. The Kier molecular flexibility index (Phi) is 6.60. The van der Waals surface area contributed by atoms with Crippen molar-refractivity contribution in [2.45, 2.75) is 13.0 Å². The normalized spacial score (nSPS) is 11.8. The fourth-order valence-corrected chi connectivity index (χ4v) is 3.16. The quantitative estimate of drug-likeness (QED) is 0.556. The van der Waals surface area contributed by atoms with Crippen LogP contribution in [-0.2, 0) is 32.5 Å². The molecule has 1 rings (SSSR count). The fraction of sp³-hybridized carbons (Fsp3) is 0.583. The summed E-state index contributed by atoms with van der Waals surface area (Å²) in [6.45, 7) is 0.986. The minimum absolute atomic E-state index is 0.0698. The van der Waals surface area contributed by atoms with Crippen molar-refractivity contribution in [1.29, 1.82) is 0 Å². The number of sulfonamides is 1. The summed E-state index contributed by atoms with van der Waals surface area (Å²) in [7, 11) is 1.25. The molecule has 114 valence electrons. The molecule has 0 bridgehead atoms. The van der Waals surface area contributed by atoms with E-state index in [0.29, 0.717) is 13.1 Å². The van der Waals surface area contributed by atoms with Crippen molar-refractivity contribution in [2.24, 2.45) is 0 Å². The van der Waals surface area contributed by atoms with Crippen LogP contribution < -0.4 is 5.32 Å². The first-order valence-corrected chi connectivity index (χ1v) is 8.53. The molecule has 0 aliphatic carbocycles. The van der Waals surface area contributed by atoms with Crippen molar-refractivity contribution < 1.29 is 17.9 Å². The zero-order chi connectivity index (χ0) is 15.2. The number of hydrogen-bond acceptors (Lipinski definition) is 6. The molecule has 0 saturated heterocycles. The van der Waals surface area contributed by atoms with Gasteiger partial charge >= 0.3 is 5.97 Å². The Morgan fingerprint density at radius 3 is 2.60 bits per heavy atom. The van der Waals surface area contributed by atoms with Crippen molar-refractivity contribution >= 4 is 27.3 Å². The average molecular weight is 320 g/mol. The van der Waals surface area contributed by atoms with Crippen LogP contribution >= 0.6 is 11.3 Å². The lowest BCUT2D eigenvalue weighted by atomic mass is 10.3. The van der Waals surface area contributed by atoms with Crippen molar-refractivity contribution in [3.63, 3.8) is 0 Å². The molecule has 0 atom stereocenters. The van der Waals surface area contributed by atoms with E-state index in [-0.39, 0.29) is 18.1 Å². The topological polar surface area (TPSA) is 75.7 Å². The highest BCUT2D eigenvalue weighted by Crippen LogP contribution is 2.17. The Hall–Kier alpha value is -0.960. The second kappa shape index (κ2) is 7.72. The molecular formula is C12H20N2O4S2. The number of ether oxygens (including phenoxy) is 1. The van der Waals surface area contributed by atoms with E-state index < -0.39 is 10.0 Å². The van der Waals surface area contributed by atoms with Gasteiger partial charge in [0.05, 0.1) is 19.3 Å². The van der Waals surface area contributed by atoms with Crippen molar-refractivity contribution in [2.75, 3.05) is 33.5 Å². The van der Waals surface area contributed by atoms with Gasteiger partial charge in [-0.3, -0.25) is 4.79 Å². The van der Waals surface area contributed by atoms with E-state index in [4.69, 9.17) is 0 Å². The van der Waals surface area contributed by atoms with Crippen LogP contribution in [0.4, 0.5) is 0 Å². The summed E-state index contributed by atoms with van der Waals surface area (Å²) in [5.74, 6) is -0.191. The van der Waals surface area contributed by atoms with Gasteiger partial charge < -0.3 is 10.1 Å². The Morgan fingerprint density at radius 1 is 1.35 bits per heavy atom. The maximum absolute atomic E-state index is 11.5. The Morgan fingerprint density at radius 2 is 2.00 bits per heavy atom. The van der Waals surface area contributed by atoms with Gasteiger partial charge in [0.2, 0.25) is 10.0 Å². The molecule has 20 heavy (non-hydrogen) atoms. The molecule has 8 heteroatoms. The van der Waals surface area contributed by atoms with Crippen LogP contribution in [0, 0.1) is 0 Å². The first-order valence-electron chi connectivity index (χ1n) is 6.10. The number of nitrogens with one attached hydrogen (secondary N) is 1. The average Bonchev–Trinajstić information content (AvgIpc) is 2.82. The maximum atomic E-state index is 11.5. The van der Waals surface area contributed by atoms with Crippen LogP contribution in [-0.4, -0.2) is 52.2 Å². The van der Waals surface area contributed by atoms with E-state index in [0.717, 1.165) is 9.75 Å². The lowest BCUT2D eigenvalue weighted by Gasteiger charge is -2.11. The number of thiophene rings is 1. The number of esters is 1. The molecule has 0 fully saturated rings. The molecule has 1 heterocycles. The smallest absolute Gasteiger partial charge is 0.310 e. The fourth-order valence-electron chi connectivity index (χ4n) is 1.42. The third-order valence-corrected chi connectivity index (χ3v) is 5.57. The second-order valence-corrected chi connectivity index (χ2v) is 7.95. The van der Waals surface area contributed by atoms with Crippen LogP contribution in [0.25, 0.3) is 0 Å². The summed E-state index contributed by atoms with van der Waals surface area (Å²) in [6, 6.07) is 3.81. The summed E-state index contributed by atoms with van der Waals surface area (Å²) in [6.07, 6.45) is 0.274. The van der Waals surface area contributed by atoms with Crippen LogP contribution in [0.5, 0.6) is 0 Å². The first-order chi connectivity index (χ1) is 9.35. The van der Waals surface area contributed by atoms with E-state index in [1.54, 1.807) is 0 Å². The van der Waals surface area contributed by atoms with Crippen molar-refractivity contribution in [3.8, 4) is 0 Å². The Labute approximate surface area is 123 Å². The van der Waals surface area contributed by atoms with Gasteiger partial charge in [0.1, 0.15) is 0 Å². The molecule has 0 aliphatic rings. The van der Waals surface area contributed by atoms with Crippen molar-refractivity contribution in [3.05, 3.63) is 21.9 Å². The summed E-state index contributed by atoms with van der Waals surface area (Å²) < 4.78 is 28.9. The molecule has 6 nitrogen and oxygen atoms in total. The molecule has 1 N–H and O–H groups in total. The third kappa shape index (κ3) is 5.58.